The molecule has 1 aliphatic rings. The second-order valence-electron chi connectivity index (χ2n) is 8.46. The van der Waals surface area contributed by atoms with Gasteiger partial charge in [-0.3, -0.25) is 0 Å². The van der Waals surface area contributed by atoms with E-state index in [2.05, 4.69) is 16.8 Å². The lowest BCUT2D eigenvalue weighted by Crippen LogP contribution is -2.43. The number of nitrogens with zero attached hydrogens (tertiary/aromatic N) is 4. The topological polar surface area (TPSA) is 64.3 Å². The number of halogens is 1. The molecule has 180 valence electrons. The second-order valence-corrected chi connectivity index (χ2v) is 8.46. The minimum atomic E-state index is -0.496. The Hall–Kier alpha value is -3.91. The van der Waals surface area contributed by atoms with Gasteiger partial charge in [-0.25, -0.2) is 13.9 Å². The minimum Gasteiger partial charge on any atom is -0.383 e. The van der Waals surface area contributed by atoms with Crippen molar-refractivity contribution in [3.05, 3.63) is 101 Å². The molecular formula is C27H28FN5O2. The summed E-state index contributed by atoms with van der Waals surface area (Å²) in [6, 6.07) is 19.6. The van der Waals surface area contributed by atoms with Gasteiger partial charge in [-0.05, 0) is 48.4 Å². The van der Waals surface area contributed by atoms with Crippen molar-refractivity contribution >= 4 is 6.03 Å². The zero-order valence-corrected chi connectivity index (χ0v) is 19.8. The Morgan fingerprint density at radius 1 is 1.14 bits per heavy atom. The maximum absolute atomic E-state index is 14.4. The van der Waals surface area contributed by atoms with E-state index in [4.69, 9.17) is 9.84 Å². The summed E-state index contributed by atoms with van der Waals surface area (Å²) < 4.78 is 23.5. The number of rotatable bonds is 6. The highest BCUT2D eigenvalue weighted by molar-refractivity contribution is 5.76. The van der Waals surface area contributed by atoms with E-state index in [1.54, 1.807) is 18.1 Å². The highest BCUT2D eigenvalue weighted by Gasteiger charge is 2.36. The summed E-state index contributed by atoms with van der Waals surface area (Å²) in [6.45, 7) is 3.16. The number of carbonyl (C=O) groups is 1. The number of amides is 2. The van der Waals surface area contributed by atoms with E-state index in [0.29, 0.717) is 31.7 Å². The predicted molar refractivity (Wildman–Crippen MR) is 131 cm³/mol. The third-order valence-electron chi connectivity index (χ3n) is 6.31. The van der Waals surface area contributed by atoms with Crippen LogP contribution in [0.25, 0.3) is 11.5 Å². The number of urea groups is 1. The number of fused-ring (bicyclic) bond motifs is 3. The van der Waals surface area contributed by atoms with Crippen LogP contribution in [0.3, 0.4) is 0 Å². The Bertz CT molecular complexity index is 1330. The van der Waals surface area contributed by atoms with Crippen molar-refractivity contribution in [2.45, 2.75) is 25.9 Å². The van der Waals surface area contributed by atoms with Crippen molar-refractivity contribution in [2.75, 3.05) is 20.3 Å². The van der Waals surface area contributed by atoms with Crippen LogP contribution in [0.4, 0.5) is 9.18 Å². The third-order valence-corrected chi connectivity index (χ3v) is 6.31. The molecule has 5 rings (SSSR count). The smallest absolute Gasteiger partial charge is 0.318 e. The van der Waals surface area contributed by atoms with Crippen molar-refractivity contribution in [1.29, 1.82) is 0 Å². The molecule has 0 fully saturated rings. The lowest BCUT2D eigenvalue weighted by molar-refractivity contribution is 0.168. The number of hydrogen-bond donors (Lipinski definition) is 1. The number of carbonyl (C=O) groups excluding carboxylic acids is 1. The lowest BCUT2D eigenvalue weighted by Gasteiger charge is -2.31. The maximum Gasteiger partial charge on any atom is 0.318 e. The van der Waals surface area contributed by atoms with E-state index in [-0.39, 0.29) is 11.8 Å². The molecule has 1 unspecified atom stereocenters. The fourth-order valence-electron chi connectivity index (χ4n) is 4.74. The molecule has 3 heterocycles. The molecule has 0 aliphatic carbocycles. The van der Waals surface area contributed by atoms with Gasteiger partial charge in [-0.15, -0.1) is 0 Å². The van der Waals surface area contributed by atoms with E-state index in [1.165, 1.54) is 12.1 Å². The normalized spacial score (nSPS) is 14.8. The Morgan fingerprint density at radius 3 is 2.71 bits per heavy atom. The average Bonchev–Trinajstić information content (AvgIpc) is 3.45. The van der Waals surface area contributed by atoms with Gasteiger partial charge in [-0.1, -0.05) is 37.3 Å². The lowest BCUT2D eigenvalue weighted by atomic mass is 10.0. The molecule has 8 heteroatoms. The molecule has 35 heavy (non-hydrogen) atoms. The maximum atomic E-state index is 14.4. The molecule has 0 saturated carbocycles. The van der Waals surface area contributed by atoms with Crippen LogP contribution in [0.15, 0.2) is 72.9 Å². The Kier molecular flexibility index (Phi) is 6.37. The number of para-hydroxylation sites is 1. The number of ether oxygens (including phenoxy) is 1. The predicted octanol–water partition coefficient (Wildman–Crippen LogP) is 4.63. The molecule has 0 spiro atoms. The van der Waals surface area contributed by atoms with Gasteiger partial charge in [0.05, 0.1) is 36.3 Å². The zero-order chi connectivity index (χ0) is 24.4. The number of aromatic nitrogens is 3. The average molecular weight is 474 g/mol. The number of nitrogens with one attached hydrogen (secondary N) is 1. The number of benzene rings is 2. The molecule has 0 radical (unpaired) electrons. The van der Waals surface area contributed by atoms with Crippen LogP contribution in [-0.2, 0) is 17.7 Å². The van der Waals surface area contributed by atoms with E-state index in [1.807, 2.05) is 59.4 Å². The van der Waals surface area contributed by atoms with Crippen LogP contribution >= 0.6 is 0 Å². The molecule has 2 amide bonds. The first kappa shape index (κ1) is 22.9. The molecule has 1 atom stereocenters. The van der Waals surface area contributed by atoms with Crippen molar-refractivity contribution < 1.29 is 13.9 Å². The highest BCUT2D eigenvalue weighted by atomic mass is 19.1. The van der Waals surface area contributed by atoms with E-state index in [9.17, 15) is 9.18 Å². The third kappa shape index (κ3) is 4.21. The monoisotopic (exact) mass is 473 g/mol. The fourth-order valence-corrected chi connectivity index (χ4v) is 4.74. The van der Waals surface area contributed by atoms with Gasteiger partial charge in [0.1, 0.15) is 11.6 Å². The van der Waals surface area contributed by atoms with Gasteiger partial charge in [0.25, 0.3) is 0 Å². The summed E-state index contributed by atoms with van der Waals surface area (Å²) in [5, 5.41) is 7.90. The van der Waals surface area contributed by atoms with E-state index < -0.39 is 6.04 Å². The Morgan fingerprint density at radius 2 is 1.97 bits per heavy atom. The van der Waals surface area contributed by atoms with Gasteiger partial charge in [0.15, 0.2) is 0 Å². The fraction of sp³-hybridized carbons (Fsp3) is 0.259. The molecule has 0 bridgehead atoms. The molecule has 2 aromatic heterocycles. The van der Waals surface area contributed by atoms with E-state index >= 15 is 0 Å². The SMILES string of the molecule is CCc1nn(-c2ccccc2)c2c1CN(C(=O)NCCOC)C(c1cccc(F)c1)c1cccn1-2. The van der Waals surface area contributed by atoms with Gasteiger partial charge >= 0.3 is 6.03 Å². The zero-order valence-electron chi connectivity index (χ0n) is 19.8. The molecular weight excluding hydrogens is 445 g/mol. The first-order valence-electron chi connectivity index (χ1n) is 11.7. The van der Waals surface area contributed by atoms with Crippen molar-refractivity contribution in [1.82, 2.24) is 24.6 Å². The van der Waals surface area contributed by atoms with Crippen LogP contribution in [0.2, 0.25) is 0 Å². The summed E-state index contributed by atoms with van der Waals surface area (Å²) in [5.41, 5.74) is 4.38. The van der Waals surface area contributed by atoms with Crippen molar-refractivity contribution in [2.24, 2.45) is 0 Å². The number of methoxy groups -OCH3 is 1. The minimum absolute atomic E-state index is 0.244. The summed E-state index contributed by atoms with van der Waals surface area (Å²) in [4.78, 5) is 15.3. The molecule has 1 N–H and O–H groups in total. The molecule has 0 saturated heterocycles. The van der Waals surface area contributed by atoms with Crippen molar-refractivity contribution in [3.8, 4) is 11.5 Å². The Balaban J connectivity index is 1.72. The number of aryl methyl sites for hydroxylation is 1. The van der Waals surface area contributed by atoms with Gasteiger partial charge in [-0.2, -0.15) is 5.10 Å². The summed E-state index contributed by atoms with van der Waals surface area (Å²) in [6.07, 6.45) is 2.69. The van der Waals surface area contributed by atoms with E-state index in [0.717, 1.165) is 28.5 Å². The van der Waals surface area contributed by atoms with Crippen molar-refractivity contribution in [3.63, 3.8) is 0 Å². The quantitative estimate of drug-likeness (QED) is 0.416. The van der Waals surface area contributed by atoms with Crippen LogP contribution in [0.5, 0.6) is 0 Å². The van der Waals surface area contributed by atoms with Crippen LogP contribution < -0.4 is 5.32 Å². The van der Waals surface area contributed by atoms with Gasteiger partial charge < -0.3 is 19.5 Å². The standard InChI is InChI=1S/C27H28FN5O2/c1-3-23-22-18-32(27(34)29-14-16-35-2)25(19-9-7-10-20(28)17-19)24-13-8-15-31(24)26(22)33(30-23)21-11-5-4-6-12-21/h4-13,15,17,25H,3,14,16,18H2,1-2H3,(H,29,34). The Labute approximate surface area is 203 Å². The van der Waals surface area contributed by atoms with Gasteiger partial charge in [0.2, 0.25) is 0 Å². The molecule has 7 nitrogen and oxygen atoms in total. The first-order chi connectivity index (χ1) is 17.1. The molecule has 2 aromatic carbocycles. The largest absolute Gasteiger partial charge is 0.383 e. The summed E-state index contributed by atoms with van der Waals surface area (Å²) in [5.74, 6) is 0.550. The molecule has 4 aromatic rings. The second kappa shape index (κ2) is 9.76. The summed E-state index contributed by atoms with van der Waals surface area (Å²) in [7, 11) is 1.60. The number of hydrogen-bond acceptors (Lipinski definition) is 3. The molecule has 1 aliphatic heterocycles. The highest BCUT2D eigenvalue weighted by Crippen LogP contribution is 2.38. The first-order valence-corrected chi connectivity index (χ1v) is 11.7. The van der Waals surface area contributed by atoms with Crippen LogP contribution in [0, 0.1) is 5.82 Å². The van der Waals surface area contributed by atoms with Crippen LogP contribution in [0.1, 0.15) is 35.5 Å². The summed E-state index contributed by atoms with van der Waals surface area (Å²) >= 11 is 0. The van der Waals surface area contributed by atoms with Crippen LogP contribution in [-0.4, -0.2) is 45.5 Å². The van der Waals surface area contributed by atoms with Gasteiger partial charge in [0, 0.05) is 25.4 Å².